The lowest BCUT2D eigenvalue weighted by molar-refractivity contribution is -0.146. The smallest absolute Gasteiger partial charge is 0.248 e. The van der Waals surface area contributed by atoms with Crippen molar-refractivity contribution in [2.45, 2.75) is 120 Å². The summed E-state index contributed by atoms with van der Waals surface area (Å²) in [7, 11) is 3.14. The summed E-state index contributed by atoms with van der Waals surface area (Å²) in [6.45, 7) is 5.45. The Bertz CT molecular complexity index is 2800. The maximum Gasteiger partial charge on any atom is 0.248 e. The first-order valence-corrected chi connectivity index (χ1v) is 29.3. The second kappa shape index (κ2) is 33.5. The minimum atomic E-state index is -1.71. The van der Waals surface area contributed by atoms with Crippen LogP contribution in [0.5, 0.6) is 11.5 Å². The number of phenolic OH excluding ortho intramolecular Hbond substituents is 2. The number of nitrogens with two attached hydrogens (primary N) is 4. The van der Waals surface area contributed by atoms with Crippen molar-refractivity contribution in [1.29, 1.82) is 0 Å². The molecular weight excluding hydrogens is 1120 g/mol. The van der Waals surface area contributed by atoms with Crippen LogP contribution >= 0.6 is 33.2 Å². The van der Waals surface area contributed by atoms with E-state index in [1.54, 1.807) is 24.3 Å². The van der Waals surface area contributed by atoms with Gasteiger partial charge in [-0.25, -0.2) is 0 Å². The summed E-state index contributed by atoms with van der Waals surface area (Å²) in [4.78, 5) is 127. The minimum absolute atomic E-state index is 0.0253. The number of unbranched alkanes of at least 4 members (excludes halogenated alkanes) is 1. The molecule has 17 N–H and O–H groups in total. The number of rotatable bonds is 19. The van der Waals surface area contributed by atoms with Gasteiger partial charge < -0.3 is 75.1 Å². The van der Waals surface area contributed by atoms with Crippen LogP contribution in [-0.2, 0) is 64.0 Å². The van der Waals surface area contributed by atoms with E-state index in [0.717, 1.165) is 26.5 Å². The van der Waals surface area contributed by atoms with E-state index >= 15 is 0 Å². The van der Waals surface area contributed by atoms with Crippen molar-refractivity contribution >= 4 is 86.4 Å². The number of primary amides is 2. The molecule has 0 spiro atoms. The summed E-state index contributed by atoms with van der Waals surface area (Å²) < 4.78 is 0. The lowest BCUT2D eigenvalue weighted by Crippen LogP contribution is -2.62. The molecular formula is C56H74ClN11O12S2. The zero-order valence-corrected chi connectivity index (χ0v) is 48.4. The number of carbonyl (C=O) groups excluding carboxylic acids is 9. The zero-order chi connectivity index (χ0) is 60.6. The first kappa shape index (κ1) is 67.1. The molecule has 0 bridgehead atoms. The lowest BCUT2D eigenvalue weighted by atomic mass is 10.00. The van der Waals surface area contributed by atoms with Crippen molar-refractivity contribution in [2.24, 2.45) is 22.9 Å². The number of amides is 9. The molecule has 444 valence electrons. The number of nitrogens with one attached hydrogen (secondary N) is 6. The Labute approximate surface area is 488 Å². The Hall–Kier alpha value is -7.42. The van der Waals surface area contributed by atoms with Crippen LogP contribution in [0.15, 0.2) is 97.1 Å². The van der Waals surface area contributed by atoms with Crippen LogP contribution in [0.4, 0.5) is 0 Å². The van der Waals surface area contributed by atoms with Crippen LogP contribution in [-0.4, -0.2) is 153 Å². The normalized spacial score (nSPS) is 20.6. The van der Waals surface area contributed by atoms with Crippen molar-refractivity contribution < 1.29 is 58.5 Å². The predicted molar refractivity (Wildman–Crippen MR) is 314 cm³/mol. The van der Waals surface area contributed by atoms with Crippen LogP contribution in [0.2, 0.25) is 5.02 Å². The van der Waals surface area contributed by atoms with Gasteiger partial charge in [-0.3, -0.25) is 43.2 Å². The monoisotopic (exact) mass is 1190 g/mol. The number of aromatic hydroxyl groups is 2. The summed E-state index contributed by atoms with van der Waals surface area (Å²) in [6, 6.07) is 12.3. The van der Waals surface area contributed by atoms with Gasteiger partial charge in [0.1, 0.15) is 53.8 Å². The summed E-state index contributed by atoms with van der Waals surface area (Å²) in [5, 5.41) is 47.6. The molecule has 1 aliphatic heterocycles. The van der Waals surface area contributed by atoms with Gasteiger partial charge in [-0.05, 0) is 110 Å². The predicted octanol–water partition coefficient (Wildman–Crippen LogP) is 0.600. The van der Waals surface area contributed by atoms with Crippen LogP contribution in [0.1, 0.15) is 72.6 Å². The highest BCUT2D eigenvalue weighted by molar-refractivity contribution is 8.76. The third kappa shape index (κ3) is 21.2. The van der Waals surface area contributed by atoms with Crippen LogP contribution in [0.3, 0.4) is 0 Å². The number of hydrogen-bond acceptors (Lipinski definition) is 16. The molecule has 1 heterocycles. The van der Waals surface area contributed by atoms with E-state index in [9.17, 15) is 58.5 Å². The highest BCUT2D eigenvalue weighted by Crippen LogP contribution is 2.25. The van der Waals surface area contributed by atoms with Crippen molar-refractivity contribution in [3.05, 3.63) is 130 Å². The molecule has 4 aromatic rings. The van der Waals surface area contributed by atoms with E-state index in [1.165, 1.54) is 86.8 Å². The Morgan fingerprint density at radius 3 is 1.70 bits per heavy atom. The second-order valence-corrected chi connectivity index (χ2v) is 22.2. The maximum atomic E-state index is 14.8. The third-order valence-electron chi connectivity index (χ3n) is 12.9. The lowest BCUT2D eigenvalue weighted by Gasteiger charge is -2.34. The Kier molecular flexibility index (Phi) is 27.4. The summed E-state index contributed by atoms with van der Waals surface area (Å²) in [5.41, 5.74) is 25.6. The molecule has 0 aliphatic carbocycles. The molecule has 5 rings (SSSR count). The Morgan fingerprint density at radius 2 is 1.17 bits per heavy atom. The van der Waals surface area contributed by atoms with Gasteiger partial charge >= 0.3 is 0 Å². The molecule has 0 saturated carbocycles. The fraction of sp³-hybridized carbons (Fsp3) is 0.411. The number of benzene rings is 4. The maximum absolute atomic E-state index is 14.8. The summed E-state index contributed by atoms with van der Waals surface area (Å²) >= 11 is 6.07. The van der Waals surface area contributed by atoms with Gasteiger partial charge in [0.2, 0.25) is 53.2 Å². The SMILES string of the molecule is CC.C[C@@H](O)[C@H]1C(=O)N[C@H](C(=O)N[C@H](Cc2ccc(O)cc2)C(N)=O)CSSC[C@@H](NC(=O)[C@@H](N)Cc2ccc(Cl)cc2)C(=O)N[C@@H](Cc2ccc(O)cc2)C(=O)N[C@H](Cc2ccc(C(N)=O)cc2)C(=O)N[C@@H](CCCCN)C(=O)N1C. The minimum Gasteiger partial charge on any atom is -0.508 e. The van der Waals surface area contributed by atoms with Crippen molar-refractivity contribution in [1.82, 2.24) is 36.8 Å². The number of hydrogen-bond donors (Lipinski definition) is 13. The van der Waals surface area contributed by atoms with Gasteiger partial charge in [0, 0.05) is 48.4 Å². The number of carbonyl (C=O) groups is 9. The average Bonchev–Trinajstić information content (AvgIpc) is 3.50. The van der Waals surface area contributed by atoms with E-state index in [1.807, 2.05) is 13.8 Å². The molecule has 0 radical (unpaired) electrons. The van der Waals surface area contributed by atoms with Crippen LogP contribution in [0.25, 0.3) is 0 Å². The molecule has 0 aromatic heterocycles. The van der Waals surface area contributed by atoms with Gasteiger partial charge in [-0.15, -0.1) is 0 Å². The molecule has 26 heteroatoms. The largest absolute Gasteiger partial charge is 0.508 e. The summed E-state index contributed by atoms with van der Waals surface area (Å²) in [5.74, 6) is -8.63. The van der Waals surface area contributed by atoms with E-state index in [0.29, 0.717) is 33.7 Å². The van der Waals surface area contributed by atoms with Gasteiger partial charge in [0.15, 0.2) is 0 Å². The fourth-order valence-corrected chi connectivity index (χ4v) is 10.9. The first-order valence-electron chi connectivity index (χ1n) is 26.5. The Morgan fingerprint density at radius 1 is 0.683 bits per heavy atom. The highest BCUT2D eigenvalue weighted by atomic mass is 35.5. The molecule has 4 aromatic carbocycles. The van der Waals surface area contributed by atoms with Gasteiger partial charge in [0.05, 0.1) is 12.1 Å². The van der Waals surface area contributed by atoms with Crippen molar-refractivity contribution in [2.75, 3.05) is 25.1 Å². The zero-order valence-electron chi connectivity index (χ0n) is 46.0. The van der Waals surface area contributed by atoms with E-state index in [4.69, 9.17) is 34.5 Å². The number of likely N-dealkylation sites (N-methyl/N-ethyl adjacent to an activating group) is 1. The average molecular weight is 1190 g/mol. The van der Waals surface area contributed by atoms with E-state index in [-0.39, 0.29) is 73.6 Å². The van der Waals surface area contributed by atoms with Gasteiger partial charge in [-0.2, -0.15) is 0 Å². The van der Waals surface area contributed by atoms with Crippen LogP contribution in [0, 0.1) is 0 Å². The first-order chi connectivity index (χ1) is 39.0. The summed E-state index contributed by atoms with van der Waals surface area (Å²) in [6.07, 6.45) is -1.53. The topological polar surface area (TPSA) is 394 Å². The van der Waals surface area contributed by atoms with Crippen molar-refractivity contribution in [3.63, 3.8) is 0 Å². The molecule has 1 saturated heterocycles. The quantitative estimate of drug-likeness (QED) is 0.0452. The highest BCUT2D eigenvalue weighted by Gasteiger charge is 2.39. The molecule has 82 heavy (non-hydrogen) atoms. The number of aliphatic hydroxyl groups excluding tert-OH is 1. The number of phenols is 2. The van der Waals surface area contributed by atoms with Crippen LogP contribution < -0.4 is 54.8 Å². The molecule has 1 fully saturated rings. The molecule has 9 atom stereocenters. The van der Waals surface area contributed by atoms with Crippen molar-refractivity contribution in [3.8, 4) is 11.5 Å². The molecule has 0 unspecified atom stereocenters. The number of aliphatic hydroxyl groups is 1. The van der Waals surface area contributed by atoms with Gasteiger partial charge in [0.25, 0.3) is 0 Å². The molecule has 9 amide bonds. The second-order valence-electron chi connectivity index (χ2n) is 19.2. The fourth-order valence-electron chi connectivity index (χ4n) is 8.46. The van der Waals surface area contributed by atoms with Gasteiger partial charge in [-0.1, -0.05) is 95.6 Å². The molecule has 1 aliphatic rings. The number of halogens is 1. The van der Waals surface area contributed by atoms with E-state index < -0.39 is 108 Å². The standard InChI is InChI=1S/C54H68ClN11O12S2.C2H6/c1-29(67)45-53(77)65-44(51(75)61-40(47(59)71)24-32-10-18-36(68)19-11-32)28-80-79-27-43(64-48(72)38(57)23-30-8-16-35(55)17-9-30)52(76)63-42(26-33-12-20-37(69)21-13-33)50(74)62-41(25-31-6-14-34(15-7-31)46(58)70)49(73)60-39(5-3-4-22-56)54(78)66(45)2;1-2/h6-21,29,38-45,67-69H,3-5,22-28,56-57H2,1-2H3,(H2,58,70)(H2,59,71)(H,60,73)(H,61,75)(H,62,74)(H,63,76)(H,64,72)(H,65,77);1-2H3/t29-,38+,39+,40-,41-,42+,43-,44+,45+;/m1./s1. The Balaban J connectivity index is 0.00000714. The number of nitrogens with zero attached hydrogens (tertiary/aromatic N) is 1. The third-order valence-corrected chi connectivity index (χ3v) is 15.6. The molecule has 23 nitrogen and oxygen atoms in total. The van der Waals surface area contributed by atoms with E-state index in [2.05, 4.69) is 31.9 Å².